The van der Waals surface area contributed by atoms with Gasteiger partial charge in [-0.05, 0) is 6.54 Å². The molecule has 0 unspecified atom stereocenters. The Morgan fingerprint density at radius 1 is 1.35 bits per heavy atom. The lowest BCUT2D eigenvalue weighted by Crippen LogP contribution is -2.40. The predicted octanol–water partition coefficient (Wildman–Crippen LogP) is -0.586. The van der Waals surface area contributed by atoms with Crippen LogP contribution in [-0.2, 0) is 16.4 Å². The first-order valence-electron chi connectivity index (χ1n) is 5.59. The van der Waals surface area contributed by atoms with E-state index in [0.29, 0.717) is 31.5 Å². The molecule has 1 aromatic rings. The number of nitrogens with zero attached hydrogens (tertiary/aromatic N) is 3. The maximum Gasteiger partial charge on any atom is 0.318 e. The lowest BCUT2D eigenvalue weighted by molar-refractivity contribution is 0.465. The number of aromatic nitrogens is 2. The monoisotopic (exact) mass is 260 g/mol. The maximum atomic E-state index is 11.3. The van der Waals surface area contributed by atoms with Crippen LogP contribution in [0.1, 0.15) is 12.8 Å². The Kier molecular flexibility index (Phi) is 3.63. The van der Waals surface area contributed by atoms with Gasteiger partial charge < -0.3 is 14.6 Å². The second-order valence-corrected chi connectivity index (χ2v) is 6.20. The third-order valence-corrected chi connectivity index (χ3v) is 4.21. The summed E-state index contributed by atoms with van der Waals surface area (Å²) in [4.78, 5) is 1.81. The number of rotatable bonds is 4. The lowest BCUT2D eigenvalue weighted by atomic mass is 10.5. The first-order chi connectivity index (χ1) is 8.11. The highest BCUT2D eigenvalue weighted by molar-refractivity contribution is 7.91. The van der Waals surface area contributed by atoms with E-state index in [1.54, 1.807) is 0 Å². The smallest absolute Gasteiger partial charge is 0.318 e. The van der Waals surface area contributed by atoms with Crippen LogP contribution in [0.15, 0.2) is 4.42 Å². The van der Waals surface area contributed by atoms with Gasteiger partial charge in [0, 0.05) is 13.1 Å². The molecule has 0 radical (unpaired) electrons. The number of nitrogens with one attached hydrogen (secondary N) is 1. The van der Waals surface area contributed by atoms with Crippen molar-refractivity contribution in [2.24, 2.45) is 0 Å². The molecule has 0 atom stereocenters. The molecule has 8 heteroatoms. The van der Waals surface area contributed by atoms with E-state index in [1.807, 2.05) is 11.8 Å². The second-order valence-electron chi connectivity index (χ2n) is 3.90. The maximum absolute atomic E-state index is 11.3. The number of hydrogen-bond acceptors (Lipinski definition) is 7. The summed E-state index contributed by atoms with van der Waals surface area (Å²) in [6.07, 6.45) is 0. The quantitative estimate of drug-likeness (QED) is 0.774. The van der Waals surface area contributed by atoms with Crippen molar-refractivity contribution < 1.29 is 12.8 Å². The molecule has 0 amide bonds. The highest BCUT2D eigenvalue weighted by Crippen LogP contribution is 2.15. The summed E-state index contributed by atoms with van der Waals surface area (Å²) in [7, 11) is -2.87. The van der Waals surface area contributed by atoms with Crippen molar-refractivity contribution in [1.29, 1.82) is 0 Å². The molecule has 1 N–H and O–H groups in total. The SMILES string of the molecule is CCNCc1nnc(N2CCS(=O)(=O)CC2)o1. The Bertz CT molecular complexity index is 456. The minimum atomic E-state index is -2.87. The van der Waals surface area contributed by atoms with Crippen molar-refractivity contribution in [3.8, 4) is 0 Å². The molecule has 96 valence electrons. The van der Waals surface area contributed by atoms with Gasteiger partial charge in [0.15, 0.2) is 9.84 Å². The number of hydrogen-bond donors (Lipinski definition) is 1. The second kappa shape index (κ2) is 5.01. The van der Waals surface area contributed by atoms with Gasteiger partial charge in [-0.25, -0.2) is 8.42 Å². The molecule has 2 heterocycles. The first-order valence-corrected chi connectivity index (χ1v) is 7.41. The molecule has 0 spiro atoms. The molecule has 17 heavy (non-hydrogen) atoms. The normalized spacial score (nSPS) is 19.5. The highest BCUT2D eigenvalue weighted by Gasteiger charge is 2.24. The Hall–Kier alpha value is -1.15. The molecule has 0 saturated carbocycles. The van der Waals surface area contributed by atoms with Gasteiger partial charge in [-0.1, -0.05) is 12.0 Å². The van der Waals surface area contributed by atoms with Gasteiger partial charge in [0.1, 0.15) is 0 Å². The zero-order valence-electron chi connectivity index (χ0n) is 9.72. The Balaban J connectivity index is 1.96. The van der Waals surface area contributed by atoms with E-state index in [9.17, 15) is 8.42 Å². The van der Waals surface area contributed by atoms with Gasteiger partial charge in [0.2, 0.25) is 5.89 Å². The minimum absolute atomic E-state index is 0.151. The molecule has 1 aromatic heterocycles. The molecule has 1 aliphatic rings. The summed E-state index contributed by atoms with van der Waals surface area (Å²) < 4.78 is 28.0. The third-order valence-electron chi connectivity index (χ3n) is 2.60. The van der Waals surface area contributed by atoms with Crippen LogP contribution >= 0.6 is 0 Å². The number of sulfone groups is 1. The first kappa shape index (κ1) is 12.3. The molecular formula is C9H16N4O3S. The predicted molar refractivity (Wildman–Crippen MR) is 62.5 cm³/mol. The van der Waals surface area contributed by atoms with Gasteiger partial charge in [-0.2, -0.15) is 0 Å². The Morgan fingerprint density at radius 2 is 2.06 bits per heavy atom. The van der Waals surface area contributed by atoms with E-state index in [1.165, 1.54) is 0 Å². The standard InChI is InChI=1S/C9H16N4O3S/c1-2-10-7-8-11-12-9(16-8)13-3-5-17(14,15)6-4-13/h10H,2-7H2,1H3. The van der Waals surface area contributed by atoms with Crippen molar-refractivity contribution in [1.82, 2.24) is 15.5 Å². The summed E-state index contributed by atoms with van der Waals surface area (Å²) >= 11 is 0. The van der Waals surface area contributed by atoms with E-state index in [-0.39, 0.29) is 11.5 Å². The summed E-state index contributed by atoms with van der Waals surface area (Å²) in [5, 5.41) is 10.9. The largest absolute Gasteiger partial charge is 0.407 e. The van der Waals surface area contributed by atoms with Crippen molar-refractivity contribution in [3.63, 3.8) is 0 Å². The van der Waals surface area contributed by atoms with Crippen LogP contribution in [0, 0.1) is 0 Å². The molecule has 1 fully saturated rings. The molecule has 0 aromatic carbocycles. The molecular weight excluding hydrogens is 244 g/mol. The summed E-state index contributed by atoms with van der Waals surface area (Å²) in [5.74, 6) is 0.825. The summed E-state index contributed by atoms with van der Waals surface area (Å²) in [6, 6.07) is 0.410. The van der Waals surface area contributed by atoms with Crippen LogP contribution in [0.2, 0.25) is 0 Å². The molecule has 0 aliphatic carbocycles. The van der Waals surface area contributed by atoms with E-state index < -0.39 is 9.84 Å². The van der Waals surface area contributed by atoms with Crippen LogP contribution < -0.4 is 10.2 Å². The van der Waals surface area contributed by atoms with Crippen molar-refractivity contribution in [3.05, 3.63) is 5.89 Å². The fourth-order valence-electron chi connectivity index (χ4n) is 1.58. The van der Waals surface area contributed by atoms with Gasteiger partial charge >= 0.3 is 6.01 Å². The average molecular weight is 260 g/mol. The van der Waals surface area contributed by atoms with E-state index in [4.69, 9.17) is 4.42 Å². The van der Waals surface area contributed by atoms with E-state index >= 15 is 0 Å². The Morgan fingerprint density at radius 3 is 2.71 bits per heavy atom. The molecule has 1 saturated heterocycles. The number of anilines is 1. The van der Waals surface area contributed by atoms with Gasteiger partial charge in [0.05, 0.1) is 18.1 Å². The summed E-state index contributed by atoms with van der Waals surface area (Å²) in [6.45, 7) is 4.21. The van der Waals surface area contributed by atoms with Crippen LogP contribution in [-0.4, -0.2) is 49.8 Å². The zero-order chi connectivity index (χ0) is 12.3. The topological polar surface area (TPSA) is 88.3 Å². The lowest BCUT2D eigenvalue weighted by Gasteiger charge is -2.24. The Labute approximate surface area is 100 Å². The van der Waals surface area contributed by atoms with Gasteiger partial charge in [-0.3, -0.25) is 0 Å². The van der Waals surface area contributed by atoms with Crippen LogP contribution in [0.4, 0.5) is 6.01 Å². The summed E-state index contributed by atoms with van der Waals surface area (Å²) in [5.41, 5.74) is 0. The van der Waals surface area contributed by atoms with Gasteiger partial charge in [-0.15, -0.1) is 5.10 Å². The molecule has 1 aliphatic heterocycles. The van der Waals surface area contributed by atoms with Crippen molar-refractivity contribution in [2.45, 2.75) is 13.5 Å². The highest BCUT2D eigenvalue weighted by atomic mass is 32.2. The van der Waals surface area contributed by atoms with Gasteiger partial charge in [0.25, 0.3) is 0 Å². The fraction of sp³-hybridized carbons (Fsp3) is 0.778. The van der Waals surface area contributed by atoms with E-state index in [0.717, 1.165) is 6.54 Å². The molecule has 2 rings (SSSR count). The fourth-order valence-corrected chi connectivity index (χ4v) is 2.78. The molecule has 7 nitrogen and oxygen atoms in total. The third kappa shape index (κ3) is 3.16. The zero-order valence-corrected chi connectivity index (χ0v) is 10.5. The molecule has 0 bridgehead atoms. The van der Waals surface area contributed by atoms with Crippen molar-refractivity contribution >= 4 is 15.9 Å². The average Bonchev–Trinajstić information content (AvgIpc) is 2.75. The van der Waals surface area contributed by atoms with Crippen LogP contribution in [0.3, 0.4) is 0 Å². The van der Waals surface area contributed by atoms with Crippen molar-refractivity contribution in [2.75, 3.05) is 36.0 Å². The minimum Gasteiger partial charge on any atom is -0.407 e. The van der Waals surface area contributed by atoms with Crippen LogP contribution in [0.25, 0.3) is 0 Å². The van der Waals surface area contributed by atoms with E-state index in [2.05, 4.69) is 15.5 Å². The van der Waals surface area contributed by atoms with Crippen LogP contribution in [0.5, 0.6) is 0 Å².